The van der Waals surface area contributed by atoms with Crippen LogP contribution in [-0.4, -0.2) is 23.8 Å². The molecule has 0 unspecified atom stereocenters. The Kier molecular flexibility index (Phi) is 4.58. The Bertz CT molecular complexity index is 129. The fraction of sp³-hybridized carbons (Fsp3) is 0.571. The highest BCUT2D eigenvalue weighted by atomic mass is 16.5. The van der Waals surface area contributed by atoms with Crippen molar-refractivity contribution in [2.45, 2.75) is 20.0 Å². The maximum absolute atomic E-state index is 9.97. The van der Waals surface area contributed by atoms with Crippen LogP contribution in [0.25, 0.3) is 0 Å². The van der Waals surface area contributed by atoms with Gasteiger partial charge in [-0.15, -0.1) is 0 Å². The molecule has 3 heteroatoms. The van der Waals surface area contributed by atoms with Crippen molar-refractivity contribution in [3.05, 3.63) is 12.2 Å². The lowest BCUT2D eigenvalue weighted by Crippen LogP contribution is -2.04. The highest BCUT2D eigenvalue weighted by Crippen LogP contribution is 1.91. The van der Waals surface area contributed by atoms with Gasteiger partial charge in [-0.3, -0.25) is 0 Å². The van der Waals surface area contributed by atoms with Gasteiger partial charge in [0.05, 0.1) is 6.10 Å². The van der Waals surface area contributed by atoms with Crippen LogP contribution < -0.4 is 0 Å². The van der Waals surface area contributed by atoms with Crippen LogP contribution in [0.1, 0.15) is 13.8 Å². The first-order chi connectivity index (χ1) is 4.66. The number of carboxylic acid groups (broad SMARTS) is 1. The van der Waals surface area contributed by atoms with E-state index in [0.29, 0.717) is 6.61 Å². The van der Waals surface area contributed by atoms with Crippen molar-refractivity contribution < 1.29 is 14.6 Å². The lowest BCUT2D eigenvalue weighted by Gasteiger charge is -2.03. The van der Waals surface area contributed by atoms with Crippen LogP contribution >= 0.6 is 0 Å². The van der Waals surface area contributed by atoms with Gasteiger partial charge in [-0.25, -0.2) is 4.79 Å². The molecule has 0 aliphatic rings. The predicted molar refractivity (Wildman–Crippen MR) is 37.9 cm³/mol. The molecule has 0 rings (SSSR count). The van der Waals surface area contributed by atoms with E-state index < -0.39 is 5.97 Å². The molecule has 0 amide bonds. The monoisotopic (exact) mass is 144 g/mol. The summed E-state index contributed by atoms with van der Waals surface area (Å²) in [7, 11) is 0. The SMILES string of the molecule is CCO[C@@H](C)/C=C/C(=O)O. The first-order valence-electron chi connectivity index (χ1n) is 3.19. The van der Waals surface area contributed by atoms with Crippen molar-refractivity contribution in [1.82, 2.24) is 0 Å². The number of aliphatic carboxylic acids is 1. The number of hydrogen-bond donors (Lipinski definition) is 1. The van der Waals surface area contributed by atoms with Gasteiger partial charge in [0.25, 0.3) is 0 Å². The molecule has 3 nitrogen and oxygen atoms in total. The van der Waals surface area contributed by atoms with Crippen molar-refractivity contribution in [2.75, 3.05) is 6.61 Å². The average molecular weight is 144 g/mol. The molecule has 1 N–H and O–H groups in total. The van der Waals surface area contributed by atoms with E-state index in [1.807, 2.05) is 6.92 Å². The number of carbonyl (C=O) groups is 1. The minimum absolute atomic E-state index is 0.110. The third kappa shape index (κ3) is 5.31. The van der Waals surface area contributed by atoms with E-state index >= 15 is 0 Å². The zero-order valence-electron chi connectivity index (χ0n) is 6.20. The summed E-state index contributed by atoms with van der Waals surface area (Å²) in [5.41, 5.74) is 0. The minimum Gasteiger partial charge on any atom is -0.478 e. The van der Waals surface area contributed by atoms with E-state index in [1.165, 1.54) is 6.08 Å². The quantitative estimate of drug-likeness (QED) is 0.600. The van der Waals surface area contributed by atoms with Gasteiger partial charge in [0.15, 0.2) is 0 Å². The Balaban J connectivity index is 3.55. The van der Waals surface area contributed by atoms with E-state index in [1.54, 1.807) is 6.92 Å². The highest BCUT2D eigenvalue weighted by Gasteiger charge is 1.94. The third-order valence-corrected chi connectivity index (χ3v) is 0.939. The molecular formula is C7H12O3. The summed E-state index contributed by atoms with van der Waals surface area (Å²) in [5.74, 6) is -0.938. The Morgan fingerprint density at radius 2 is 2.40 bits per heavy atom. The second kappa shape index (κ2) is 4.99. The largest absolute Gasteiger partial charge is 0.478 e. The van der Waals surface area contributed by atoms with Gasteiger partial charge in [-0.05, 0) is 19.9 Å². The fourth-order valence-corrected chi connectivity index (χ4v) is 0.536. The van der Waals surface area contributed by atoms with Crippen LogP contribution in [-0.2, 0) is 9.53 Å². The summed E-state index contributed by atoms with van der Waals surface area (Å²) in [6.07, 6.45) is 2.48. The molecular weight excluding hydrogens is 132 g/mol. The highest BCUT2D eigenvalue weighted by molar-refractivity contribution is 5.79. The lowest BCUT2D eigenvalue weighted by atomic mass is 10.3. The molecule has 0 heterocycles. The fourth-order valence-electron chi connectivity index (χ4n) is 0.536. The van der Waals surface area contributed by atoms with Crippen LogP contribution in [0.2, 0.25) is 0 Å². The number of rotatable bonds is 4. The van der Waals surface area contributed by atoms with Crippen molar-refractivity contribution in [3.63, 3.8) is 0 Å². The molecule has 0 aromatic rings. The summed E-state index contributed by atoms with van der Waals surface area (Å²) >= 11 is 0. The molecule has 0 radical (unpaired) electrons. The van der Waals surface area contributed by atoms with E-state index in [-0.39, 0.29) is 6.10 Å². The van der Waals surface area contributed by atoms with Crippen molar-refractivity contribution in [1.29, 1.82) is 0 Å². The molecule has 10 heavy (non-hydrogen) atoms. The number of carboxylic acids is 1. The minimum atomic E-state index is -0.938. The van der Waals surface area contributed by atoms with Gasteiger partial charge in [-0.2, -0.15) is 0 Å². The molecule has 0 aromatic carbocycles. The topological polar surface area (TPSA) is 46.5 Å². The van der Waals surface area contributed by atoms with Gasteiger partial charge in [0, 0.05) is 12.7 Å². The Morgan fingerprint density at radius 1 is 1.80 bits per heavy atom. The normalized spacial score (nSPS) is 13.8. The summed E-state index contributed by atoms with van der Waals surface area (Å²) in [4.78, 5) is 9.97. The van der Waals surface area contributed by atoms with Gasteiger partial charge < -0.3 is 9.84 Å². The molecule has 0 fully saturated rings. The lowest BCUT2D eigenvalue weighted by molar-refractivity contribution is -0.131. The summed E-state index contributed by atoms with van der Waals surface area (Å²) in [6, 6.07) is 0. The molecule has 0 saturated carbocycles. The number of hydrogen-bond acceptors (Lipinski definition) is 2. The van der Waals surface area contributed by atoms with E-state index in [2.05, 4.69) is 0 Å². The maximum atomic E-state index is 9.97. The molecule has 0 spiro atoms. The van der Waals surface area contributed by atoms with Gasteiger partial charge >= 0.3 is 5.97 Å². The predicted octanol–water partition coefficient (Wildman–Crippen LogP) is 1.05. The van der Waals surface area contributed by atoms with E-state index in [4.69, 9.17) is 9.84 Å². The van der Waals surface area contributed by atoms with Crippen LogP contribution in [0.4, 0.5) is 0 Å². The average Bonchev–Trinajstić information content (AvgIpc) is 1.85. The standard InChI is InChI=1S/C7H12O3/c1-3-10-6(2)4-5-7(8)9/h4-6H,3H2,1-2H3,(H,8,9)/b5-4+/t6-/m0/s1. The smallest absolute Gasteiger partial charge is 0.328 e. The molecule has 0 saturated heterocycles. The molecule has 0 aliphatic carbocycles. The Hall–Kier alpha value is -0.830. The van der Waals surface area contributed by atoms with Crippen molar-refractivity contribution in [2.24, 2.45) is 0 Å². The second-order valence-corrected chi connectivity index (χ2v) is 1.86. The molecule has 0 aromatic heterocycles. The van der Waals surface area contributed by atoms with Crippen molar-refractivity contribution in [3.8, 4) is 0 Å². The molecule has 0 aliphatic heterocycles. The maximum Gasteiger partial charge on any atom is 0.328 e. The number of ether oxygens (including phenoxy) is 1. The zero-order chi connectivity index (χ0) is 7.98. The second-order valence-electron chi connectivity index (χ2n) is 1.86. The van der Waals surface area contributed by atoms with Gasteiger partial charge in [0.1, 0.15) is 0 Å². The van der Waals surface area contributed by atoms with Crippen LogP contribution in [0.3, 0.4) is 0 Å². The van der Waals surface area contributed by atoms with E-state index in [0.717, 1.165) is 6.08 Å². The summed E-state index contributed by atoms with van der Waals surface area (Å²) in [5, 5.41) is 8.19. The van der Waals surface area contributed by atoms with Gasteiger partial charge in [-0.1, -0.05) is 0 Å². The Labute approximate surface area is 60.3 Å². The molecule has 58 valence electrons. The van der Waals surface area contributed by atoms with Gasteiger partial charge in [0.2, 0.25) is 0 Å². The zero-order valence-corrected chi connectivity index (χ0v) is 6.20. The summed E-state index contributed by atoms with van der Waals surface area (Å²) < 4.78 is 5.04. The van der Waals surface area contributed by atoms with E-state index in [9.17, 15) is 4.79 Å². The third-order valence-electron chi connectivity index (χ3n) is 0.939. The van der Waals surface area contributed by atoms with Crippen LogP contribution in [0.15, 0.2) is 12.2 Å². The molecule has 1 atom stereocenters. The first kappa shape index (κ1) is 9.17. The Morgan fingerprint density at radius 3 is 2.80 bits per heavy atom. The first-order valence-corrected chi connectivity index (χ1v) is 3.19. The summed E-state index contributed by atoms with van der Waals surface area (Å²) in [6.45, 7) is 4.26. The van der Waals surface area contributed by atoms with Crippen molar-refractivity contribution >= 4 is 5.97 Å². The van der Waals surface area contributed by atoms with Crippen LogP contribution in [0.5, 0.6) is 0 Å². The molecule has 0 bridgehead atoms. The van der Waals surface area contributed by atoms with Crippen LogP contribution in [0, 0.1) is 0 Å².